The predicted molar refractivity (Wildman–Crippen MR) is 133 cm³/mol. The Bertz CT molecular complexity index is 912. The molecule has 0 fully saturated rings. The number of carbonyl (C=O) groups excluding carboxylic acids is 2. The summed E-state index contributed by atoms with van der Waals surface area (Å²) in [6.07, 6.45) is -0.123. The van der Waals surface area contributed by atoms with Gasteiger partial charge in [-0.2, -0.15) is 0 Å². The van der Waals surface area contributed by atoms with Crippen LogP contribution in [0.15, 0.2) is 47.8 Å². The van der Waals surface area contributed by atoms with E-state index in [9.17, 15) is 19.5 Å². The topological polar surface area (TPSA) is 99.2 Å². The minimum atomic E-state index is -0.987. The standard InChI is InChI=1S/C25H35N3O5S/c1-25(2,3)33-23(30)26-21(22(29)27(4)18-20-13-10-16-34-20)14-8-9-15-28(24(31)32)17-19-11-6-5-7-12-19/h5-7,10-13,16,21H,8-9,14-15,17-18H2,1-4H3,(H,26,30)(H,31,32)/t21-/m0/s1. The smallest absolute Gasteiger partial charge is 0.408 e. The maximum absolute atomic E-state index is 13.1. The highest BCUT2D eigenvalue weighted by Gasteiger charge is 2.26. The van der Waals surface area contributed by atoms with Gasteiger partial charge in [0.2, 0.25) is 5.91 Å². The Morgan fingerprint density at radius 1 is 1.06 bits per heavy atom. The first-order chi connectivity index (χ1) is 16.0. The van der Waals surface area contributed by atoms with Crippen LogP contribution in [0.4, 0.5) is 9.59 Å². The molecule has 0 aliphatic carbocycles. The Balaban J connectivity index is 1.95. The molecule has 0 radical (unpaired) electrons. The van der Waals surface area contributed by atoms with E-state index in [0.717, 1.165) is 10.4 Å². The number of nitrogens with one attached hydrogen (secondary N) is 1. The number of unbranched alkanes of at least 4 members (excludes halogenated alkanes) is 1. The Kier molecular flexibility index (Phi) is 10.4. The summed E-state index contributed by atoms with van der Waals surface area (Å²) in [6, 6.07) is 12.5. The molecule has 8 nitrogen and oxygen atoms in total. The summed E-state index contributed by atoms with van der Waals surface area (Å²) < 4.78 is 5.34. The number of thiophene rings is 1. The van der Waals surface area contributed by atoms with Crippen molar-refractivity contribution in [2.75, 3.05) is 13.6 Å². The third kappa shape index (κ3) is 9.82. The van der Waals surface area contributed by atoms with Crippen molar-refractivity contribution in [2.24, 2.45) is 0 Å². The highest BCUT2D eigenvalue weighted by atomic mass is 32.1. The molecule has 1 aromatic carbocycles. The summed E-state index contributed by atoms with van der Waals surface area (Å²) in [6.45, 7) is 6.38. The Morgan fingerprint density at radius 2 is 1.76 bits per heavy atom. The van der Waals surface area contributed by atoms with Gasteiger partial charge in [-0.1, -0.05) is 36.4 Å². The van der Waals surface area contributed by atoms with Crippen molar-refractivity contribution in [1.29, 1.82) is 0 Å². The first-order valence-corrected chi connectivity index (χ1v) is 12.2. The highest BCUT2D eigenvalue weighted by molar-refractivity contribution is 7.09. The molecule has 1 atom stereocenters. The summed E-state index contributed by atoms with van der Waals surface area (Å²) in [7, 11) is 1.71. The Hall–Kier alpha value is -3.07. The summed E-state index contributed by atoms with van der Waals surface area (Å²) in [5.41, 5.74) is 0.236. The van der Waals surface area contributed by atoms with Crippen LogP contribution in [-0.4, -0.2) is 58.2 Å². The lowest BCUT2D eigenvalue weighted by molar-refractivity contribution is -0.132. The SMILES string of the molecule is CN(Cc1cccs1)C(=O)[C@H](CCCCN(Cc1ccccc1)C(=O)O)NC(=O)OC(C)(C)C. The van der Waals surface area contributed by atoms with Crippen molar-refractivity contribution in [3.05, 3.63) is 58.3 Å². The number of benzene rings is 1. The molecular weight excluding hydrogens is 454 g/mol. The number of hydrogen-bond acceptors (Lipinski definition) is 5. The van der Waals surface area contributed by atoms with Crippen molar-refractivity contribution in [1.82, 2.24) is 15.1 Å². The van der Waals surface area contributed by atoms with E-state index >= 15 is 0 Å². The number of carboxylic acid groups (broad SMARTS) is 1. The Labute approximate surface area is 205 Å². The zero-order valence-corrected chi connectivity index (χ0v) is 21.1. The number of nitrogens with zero attached hydrogens (tertiary/aromatic N) is 2. The molecule has 34 heavy (non-hydrogen) atoms. The van der Waals surface area contributed by atoms with E-state index in [2.05, 4.69) is 5.32 Å². The van der Waals surface area contributed by atoms with Crippen molar-refractivity contribution in [3.63, 3.8) is 0 Å². The molecule has 3 amide bonds. The van der Waals surface area contributed by atoms with Crippen molar-refractivity contribution >= 4 is 29.4 Å². The number of amides is 3. The zero-order chi connectivity index (χ0) is 25.1. The van der Waals surface area contributed by atoms with Crippen LogP contribution in [0.5, 0.6) is 0 Å². The van der Waals surface area contributed by atoms with Gasteiger partial charge < -0.3 is 25.0 Å². The van der Waals surface area contributed by atoms with E-state index in [0.29, 0.717) is 38.9 Å². The molecule has 0 aliphatic heterocycles. The first-order valence-electron chi connectivity index (χ1n) is 11.3. The summed E-state index contributed by atoms with van der Waals surface area (Å²) >= 11 is 1.56. The monoisotopic (exact) mass is 489 g/mol. The van der Waals surface area contributed by atoms with Gasteiger partial charge in [0, 0.05) is 25.0 Å². The van der Waals surface area contributed by atoms with Gasteiger partial charge in [-0.25, -0.2) is 9.59 Å². The van der Waals surface area contributed by atoms with E-state index in [4.69, 9.17) is 4.74 Å². The van der Waals surface area contributed by atoms with Crippen molar-refractivity contribution < 1.29 is 24.2 Å². The number of alkyl carbamates (subject to hydrolysis) is 1. The summed E-state index contributed by atoms with van der Waals surface area (Å²) in [4.78, 5) is 41.1. The average Bonchev–Trinajstić information content (AvgIpc) is 3.26. The average molecular weight is 490 g/mol. The Morgan fingerprint density at radius 3 is 2.35 bits per heavy atom. The second-order valence-corrected chi connectivity index (χ2v) is 10.2. The van der Waals surface area contributed by atoms with E-state index < -0.39 is 23.8 Å². The van der Waals surface area contributed by atoms with E-state index in [-0.39, 0.29) is 5.91 Å². The molecule has 2 rings (SSSR count). The van der Waals surface area contributed by atoms with Crippen LogP contribution in [0.2, 0.25) is 0 Å². The van der Waals surface area contributed by atoms with E-state index in [1.165, 1.54) is 4.90 Å². The third-order valence-electron chi connectivity index (χ3n) is 5.00. The van der Waals surface area contributed by atoms with Crippen LogP contribution in [0, 0.1) is 0 Å². The van der Waals surface area contributed by atoms with E-state index in [1.54, 1.807) is 44.1 Å². The fourth-order valence-corrected chi connectivity index (χ4v) is 4.14. The molecule has 1 heterocycles. The first kappa shape index (κ1) is 27.2. The number of likely N-dealkylation sites (N-methyl/N-ethyl adjacent to an activating group) is 1. The molecular formula is C25H35N3O5S. The molecule has 2 N–H and O–H groups in total. The van der Waals surface area contributed by atoms with Gasteiger partial charge in [0.25, 0.3) is 0 Å². The normalized spacial score (nSPS) is 12.0. The molecule has 0 aliphatic rings. The van der Waals surface area contributed by atoms with Crippen molar-refractivity contribution in [2.45, 2.75) is 64.8 Å². The van der Waals surface area contributed by atoms with Gasteiger partial charge in [-0.3, -0.25) is 4.79 Å². The zero-order valence-electron chi connectivity index (χ0n) is 20.3. The van der Waals surface area contributed by atoms with Gasteiger partial charge >= 0.3 is 12.2 Å². The molecule has 1 aromatic heterocycles. The lowest BCUT2D eigenvalue weighted by Gasteiger charge is -2.26. The lowest BCUT2D eigenvalue weighted by atomic mass is 10.1. The van der Waals surface area contributed by atoms with Crippen LogP contribution >= 0.6 is 11.3 Å². The summed E-state index contributed by atoms with van der Waals surface area (Å²) in [5.74, 6) is -0.210. The summed E-state index contributed by atoms with van der Waals surface area (Å²) in [5, 5.41) is 14.2. The molecule has 0 spiro atoms. The molecule has 0 bridgehead atoms. The number of carbonyl (C=O) groups is 3. The maximum Gasteiger partial charge on any atom is 0.408 e. The largest absolute Gasteiger partial charge is 0.465 e. The van der Waals surface area contributed by atoms with Gasteiger partial charge in [-0.05, 0) is 57.0 Å². The van der Waals surface area contributed by atoms with Gasteiger partial charge in [0.1, 0.15) is 11.6 Å². The van der Waals surface area contributed by atoms with Gasteiger partial charge in [0.15, 0.2) is 0 Å². The third-order valence-corrected chi connectivity index (χ3v) is 5.86. The van der Waals surface area contributed by atoms with Crippen LogP contribution < -0.4 is 5.32 Å². The van der Waals surface area contributed by atoms with Crippen LogP contribution in [0.3, 0.4) is 0 Å². The fourth-order valence-electron chi connectivity index (χ4n) is 3.38. The predicted octanol–water partition coefficient (Wildman–Crippen LogP) is 4.95. The van der Waals surface area contributed by atoms with Crippen LogP contribution in [0.25, 0.3) is 0 Å². The second-order valence-electron chi connectivity index (χ2n) is 9.16. The minimum Gasteiger partial charge on any atom is -0.465 e. The molecule has 0 unspecified atom stereocenters. The maximum atomic E-state index is 13.1. The van der Waals surface area contributed by atoms with Gasteiger partial charge in [0.05, 0.1) is 6.54 Å². The van der Waals surface area contributed by atoms with Crippen molar-refractivity contribution in [3.8, 4) is 0 Å². The molecule has 2 aromatic rings. The second kappa shape index (κ2) is 13.0. The molecule has 0 saturated carbocycles. The lowest BCUT2D eigenvalue weighted by Crippen LogP contribution is -2.48. The molecule has 9 heteroatoms. The number of rotatable bonds is 11. The number of hydrogen-bond donors (Lipinski definition) is 2. The van der Waals surface area contributed by atoms with Crippen LogP contribution in [0.1, 0.15) is 50.5 Å². The number of ether oxygens (including phenoxy) is 1. The molecule has 0 saturated heterocycles. The van der Waals surface area contributed by atoms with E-state index in [1.807, 2.05) is 47.8 Å². The molecule has 186 valence electrons. The van der Waals surface area contributed by atoms with Gasteiger partial charge in [-0.15, -0.1) is 11.3 Å². The quantitative estimate of drug-likeness (QED) is 0.435. The highest BCUT2D eigenvalue weighted by Crippen LogP contribution is 2.15. The fraction of sp³-hybridized carbons (Fsp3) is 0.480. The minimum absolute atomic E-state index is 0.210. The van der Waals surface area contributed by atoms with Crippen LogP contribution in [-0.2, 0) is 22.6 Å².